The summed E-state index contributed by atoms with van der Waals surface area (Å²) < 4.78 is 5.74. The summed E-state index contributed by atoms with van der Waals surface area (Å²) in [5, 5.41) is 5.68. The second-order valence-corrected chi connectivity index (χ2v) is 7.39. The molecule has 0 saturated heterocycles. The van der Waals surface area contributed by atoms with Crippen LogP contribution in [0.25, 0.3) is 0 Å². The smallest absolute Gasteiger partial charge is 0.251 e. The van der Waals surface area contributed by atoms with Gasteiger partial charge in [-0.2, -0.15) is 0 Å². The highest BCUT2D eigenvalue weighted by molar-refractivity contribution is 5.95. The van der Waals surface area contributed by atoms with Gasteiger partial charge in [0.2, 0.25) is 5.91 Å². The molecule has 3 aromatic rings. The molecule has 0 aliphatic carbocycles. The minimum atomic E-state index is -0.157. The number of aryl methyl sites for hydroxylation is 1. The standard InChI is InChI=1S/C26H28N2O3/c1-20-7-5-6-10-24(20)26(30)27-16-15-25(29)28-17-21-11-13-23(14-12-21)19-31-18-22-8-3-2-4-9-22/h2-14H,15-19H2,1H3,(H,27,30)(H,28,29). The van der Waals surface area contributed by atoms with Crippen LogP contribution in [-0.4, -0.2) is 18.4 Å². The van der Waals surface area contributed by atoms with Gasteiger partial charge in [0.15, 0.2) is 0 Å². The lowest BCUT2D eigenvalue weighted by Crippen LogP contribution is -2.30. The highest BCUT2D eigenvalue weighted by Crippen LogP contribution is 2.09. The highest BCUT2D eigenvalue weighted by Gasteiger charge is 2.08. The molecule has 0 aliphatic heterocycles. The SMILES string of the molecule is Cc1ccccc1C(=O)NCCC(=O)NCc1ccc(COCc2ccccc2)cc1. The number of hydrogen-bond donors (Lipinski definition) is 2. The minimum absolute atomic E-state index is 0.0969. The maximum absolute atomic E-state index is 12.2. The molecule has 5 nitrogen and oxygen atoms in total. The summed E-state index contributed by atoms with van der Waals surface area (Å²) in [4.78, 5) is 24.2. The van der Waals surface area contributed by atoms with Gasteiger partial charge in [-0.1, -0.05) is 72.8 Å². The van der Waals surface area contributed by atoms with Crippen molar-refractivity contribution in [2.75, 3.05) is 6.54 Å². The van der Waals surface area contributed by atoms with Gasteiger partial charge in [0.25, 0.3) is 5.91 Å². The number of hydrogen-bond acceptors (Lipinski definition) is 3. The van der Waals surface area contributed by atoms with Crippen LogP contribution in [0.4, 0.5) is 0 Å². The van der Waals surface area contributed by atoms with E-state index in [2.05, 4.69) is 10.6 Å². The molecule has 0 atom stereocenters. The zero-order chi connectivity index (χ0) is 21.9. The van der Waals surface area contributed by atoms with Crippen LogP contribution in [0.15, 0.2) is 78.9 Å². The molecule has 5 heteroatoms. The van der Waals surface area contributed by atoms with Gasteiger partial charge in [0, 0.05) is 25.1 Å². The molecule has 2 amide bonds. The van der Waals surface area contributed by atoms with Crippen LogP contribution in [0.5, 0.6) is 0 Å². The lowest BCUT2D eigenvalue weighted by molar-refractivity contribution is -0.121. The van der Waals surface area contributed by atoms with E-state index < -0.39 is 0 Å². The van der Waals surface area contributed by atoms with E-state index in [0.29, 0.717) is 31.9 Å². The average molecular weight is 417 g/mol. The van der Waals surface area contributed by atoms with Crippen molar-refractivity contribution in [2.24, 2.45) is 0 Å². The van der Waals surface area contributed by atoms with Crippen molar-refractivity contribution in [1.82, 2.24) is 10.6 Å². The maximum Gasteiger partial charge on any atom is 0.251 e. The molecular weight excluding hydrogens is 388 g/mol. The Hall–Kier alpha value is -3.44. The fourth-order valence-corrected chi connectivity index (χ4v) is 3.12. The molecule has 31 heavy (non-hydrogen) atoms. The van der Waals surface area contributed by atoms with E-state index in [9.17, 15) is 9.59 Å². The fraction of sp³-hybridized carbons (Fsp3) is 0.231. The third kappa shape index (κ3) is 7.39. The molecule has 0 aromatic heterocycles. The van der Waals surface area contributed by atoms with Crippen LogP contribution in [-0.2, 0) is 29.3 Å². The van der Waals surface area contributed by atoms with Gasteiger partial charge in [0.1, 0.15) is 0 Å². The van der Waals surface area contributed by atoms with Crippen molar-refractivity contribution in [2.45, 2.75) is 33.1 Å². The first-order valence-electron chi connectivity index (χ1n) is 10.4. The number of amides is 2. The third-order valence-electron chi connectivity index (χ3n) is 4.92. The average Bonchev–Trinajstić information content (AvgIpc) is 2.79. The predicted octanol–water partition coefficient (Wildman–Crippen LogP) is 4.15. The summed E-state index contributed by atoms with van der Waals surface area (Å²) in [7, 11) is 0. The molecule has 0 bridgehead atoms. The van der Waals surface area contributed by atoms with Gasteiger partial charge in [-0.3, -0.25) is 9.59 Å². The molecule has 160 valence electrons. The minimum Gasteiger partial charge on any atom is -0.372 e. The first kappa shape index (κ1) is 22.2. The fourth-order valence-electron chi connectivity index (χ4n) is 3.12. The number of benzene rings is 3. The van der Waals surface area contributed by atoms with E-state index in [1.54, 1.807) is 6.07 Å². The molecule has 0 fully saturated rings. The van der Waals surface area contributed by atoms with Crippen LogP contribution in [0.1, 0.15) is 39.0 Å². The zero-order valence-electron chi connectivity index (χ0n) is 17.8. The molecule has 0 saturated carbocycles. The highest BCUT2D eigenvalue weighted by atomic mass is 16.5. The van der Waals surface area contributed by atoms with Gasteiger partial charge in [-0.05, 0) is 35.2 Å². The number of ether oxygens (including phenoxy) is 1. The first-order chi connectivity index (χ1) is 15.1. The van der Waals surface area contributed by atoms with E-state index >= 15 is 0 Å². The monoisotopic (exact) mass is 416 g/mol. The van der Waals surface area contributed by atoms with E-state index in [1.165, 1.54) is 0 Å². The number of carbonyl (C=O) groups is 2. The molecule has 0 unspecified atom stereocenters. The second-order valence-electron chi connectivity index (χ2n) is 7.39. The predicted molar refractivity (Wildman–Crippen MR) is 121 cm³/mol. The lowest BCUT2D eigenvalue weighted by atomic mass is 10.1. The summed E-state index contributed by atoms with van der Waals surface area (Å²) >= 11 is 0. The molecule has 0 radical (unpaired) electrons. The molecule has 0 aliphatic rings. The number of carbonyl (C=O) groups excluding carboxylic acids is 2. The van der Waals surface area contributed by atoms with E-state index in [1.807, 2.05) is 79.7 Å². The van der Waals surface area contributed by atoms with Crippen molar-refractivity contribution in [3.05, 3.63) is 107 Å². The summed E-state index contributed by atoms with van der Waals surface area (Å²) in [5.41, 5.74) is 4.81. The zero-order valence-corrected chi connectivity index (χ0v) is 17.8. The van der Waals surface area contributed by atoms with E-state index in [4.69, 9.17) is 4.74 Å². The summed E-state index contributed by atoms with van der Waals surface area (Å²) in [6.07, 6.45) is 0.239. The molecule has 3 rings (SSSR count). The molecule has 0 heterocycles. The van der Waals surface area contributed by atoms with Crippen LogP contribution in [0.2, 0.25) is 0 Å². The number of rotatable bonds is 10. The Kier molecular flexibility index (Phi) is 8.38. The van der Waals surface area contributed by atoms with Crippen molar-refractivity contribution in [3.63, 3.8) is 0 Å². The van der Waals surface area contributed by atoms with Crippen LogP contribution >= 0.6 is 0 Å². The van der Waals surface area contributed by atoms with Gasteiger partial charge < -0.3 is 15.4 Å². The maximum atomic E-state index is 12.2. The van der Waals surface area contributed by atoms with Gasteiger partial charge in [0.05, 0.1) is 13.2 Å². The Labute approximate surface area is 183 Å². The number of nitrogens with one attached hydrogen (secondary N) is 2. The normalized spacial score (nSPS) is 10.5. The van der Waals surface area contributed by atoms with Crippen LogP contribution in [0.3, 0.4) is 0 Å². The largest absolute Gasteiger partial charge is 0.372 e. The third-order valence-corrected chi connectivity index (χ3v) is 4.92. The van der Waals surface area contributed by atoms with Crippen molar-refractivity contribution >= 4 is 11.8 Å². The van der Waals surface area contributed by atoms with Crippen molar-refractivity contribution in [1.29, 1.82) is 0 Å². The summed E-state index contributed by atoms with van der Waals surface area (Å²) in [5.74, 6) is -0.253. The van der Waals surface area contributed by atoms with E-state index in [0.717, 1.165) is 22.3 Å². The Morgan fingerprint density at radius 3 is 2.06 bits per heavy atom. The Morgan fingerprint density at radius 1 is 0.742 bits per heavy atom. The summed E-state index contributed by atoms with van der Waals surface area (Å²) in [6.45, 7) is 3.77. The van der Waals surface area contributed by atoms with Crippen LogP contribution < -0.4 is 10.6 Å². The Bertz CT molecular complexity index is 985. The van der Waals surface area contributed by atoms with Gasteiger partial charge >= 0.3 is 0 Å². The Balaban J connectivity index is 1.33. The first-order valence-corrected chi connectivity index (χ1v) is 10.4. The van der Waals surface area contributed by atoms with Gasteiger partial charge in [-0.15, -0.1) is 0 Å². The van der Waals surface area contributed by atoms with Gasteiger partial charge in [-0.25, -0.2) is 0 Å². The molecule has 3 aromatic carbocycles. The summed E-state index contributed by atoms with van der Waals surface area (Å²) in [6, 6.07) is 25.5. The molecular formula is C26H28N2O3. The van der Waals surface area contributed by atoms with Crippen molar-refractivity contribution in [3.8, 4) is 0 Å². The Morgan fingerprint density at radius 2 is 1.35 bits per heavy atom. The molecule has 0 spiro atoms. The molecule has 2 N–H and O–H groups in total. The van der Waals surface area contributed by atoms with E-state index in [-0.39, 0.29) is 18.2 Å². The van der Waals surface area contributed by atoms with Crippen LogP contribution in [0, 0.1) is 6.92 Å². The lowest BCUT2D eigenvalue weighted by Gasteiger charge is -2.09. The topological polar surface area (TPSA) is 67.4 Å². The quantitative estimate of drug-likeness (QED) is 0.522. The van der Waals surface area contributed by atoms with Crippen molar-refractivity contribution < 1.29 is 14.3 Å². The second kappa shape index (κ2) is 11.7.